The summed E-state index contributed by atoms with van der Waals surface area (Å²) >= 11 is 0. The summed E-state index contributed by atoms with van der Waals surface area (Å²) in [5.74, 6) is -0.179. The van der Waals surface area contributed by atoms with Crippen LogP contribution in [0.3, 0.4) is 0 Å². The van der Waals surface area contributed by atoms with Gasteiger partial charge in [-0.1, -0.05) is 0 Å². The number of amides is 3. The van der Waals surface area contributed by atoms with Gasteiger partial charge >= 0.3 is 6.03 Å². The summed E-state index contributed by atoms with van der Waals surface area (Å²) in [5.41, 5.74) is -0.577. The quantitative estimate of drug-likeness (QED) is 0.526. The molecule has 2 fully saturated rings. The van der Waals surface area contributed by atoms with Gasteiger partial charge in [-0.05, 0) is 12.8 Å². The molecule has 0 aromatic carbocycles. The van der Waals surface area contributed by atoms with Gasteiger partial charge in [0.05, 0.1) is 13.2 Å². The summed E-state index contributed by atoms with van der Waals surface area (Å²) in [6.07, 6.45) is 1.47. The molecule has 0 unspecified atom stereocenters. The van der Waals surface area contributed by atoms with Gasteiger partial charge in [0.25, 0.3) is 5.91 Å². The molecule has 1 heterocycles. The molecule has 5 heteroatoms. The van der Waals surface area contributed by atoms with Crippen molar-refractivity contribution in [3.63, 3.8) is 0 Å². The van der Waals surface area contributed by atoms with E-state index in [-0.39, 0.29) is 25.1 Å². The van der Waals surface area contributed by atoms with Crippen molar-refractivity contribution < 1.29 is 14.7 Å². The number of urea groups is 1. The number of carbonyl (C=O) groups is 2. The van der Waals surface area contributed by atoms with Gasteiger partial charge in [-0.3, -0.25) is 9.69 Å². The Labute approximate surface area is 69.3 Å². The zero-order chi connectivity index (χ0) is 8.77. The second-order valence-electron chi connectivity index (χ2n) is 3.19. The lowest BCUT2D eigenvalue weighted by atomic mass is 10.3. The van der Waals surface area contributed by atoms with Gasteiger partial charge in [0.1, 0.15) is 5.54 Å². The Morgan fingerprint density at radius 3 is 2.58 bits per heavy atom. The van der Waals surface area contributed by atoms with E-state index < -0.39 is 5.54 Å². The van der Waals surface area contributed by atoms with Crippen LogP contribution in [0.25, 0.3) is 0 Å². The SMILES string of the molecule is O=C1NC2(CC2)C(=O)N1CCO. The van der Waals surface area contributed by atoms with Crippen LogP contribution in [0.5, 0.6) is 0 Å². The number of rotatable bonds is 2. The van der Waals surface area contributed by atoms with Crippen molar-refractivity contribution in [2.45, 2.75) is 18.4 Å². The monoisotopic (exact) mass is 170 g/mol. The van der Waals surface area contributed by atoms with E-state index in [0.717, 1.165) is 17.7 Å². The first-order valence-electron chi connectivity index (χ1n) is 3.95. The first-order chi connectivity index (χ1) is 5.69. The Bertz CT molecular complexity index is 247. The van der Waals surface area contributed by atoms with E-state index >= 15 is 0 Å². The van der Waals surface area contributed by atoms with Crippen molar-refractivity contribution in [1.29, 1.82) is 0 Å². The number of aliphatic hydroxyl groups excluding tert-OH is 1. The molecule has 1 spiro atoms. The smallest absolute Gasteiger partial charge is 0.325 e. The molecule has 2 N–H and O–H groups in total. The summed E-state index contributed by atoms with van der Waals surface area (Å²) in [4.78, 5) is 23.6. The van der Waals surface area contributed by atoms with Crippen LogP contribution in [0.1, 0.15) is 12.8 Å². The largest absolute Gasteiger partial charge is 0.395 e. The van der Waals surface area contributed by atoms with E-state index in [0.29, 0.717) is 0 Å². The third-order valence-electron chi connectivity index (χ3n) is 2.32. The highest BCUT2D eigenvalue weighted by Gasteiger charge is 2.59. The zero-order valence-electron chi connectivity index (χ0n) is 6.54. The molecule has 12 heavy (non-hydrogen) atoms. The molecule has 1 saturated heterocycles. The van der Waals surface area contributed by atoms with E-state index in [1.165, 1.54) is 0 Å². The number of β-amino-alcohol motifs (C(OH)–C–C–N with tert-alkyl or cyclic N) is 1. The van der Waals surface area contributed by atoms with Crippen LogP contribution in [0.2, 0.25) is 0 Å². The molecular weight excluding hydrogens is 160 g/mol. The third kappa shape index (κ3) is 0.828. The number of hydrogen-bond acceptors (Lipinski definition) is 3. The van der Waals surface area contributed by atoms with Crippen LogP contribution >= 0.6 is 0 Å². The minimum absolute atomic E-state index is 0.104. The Morgan fingerprint density at radius 2 is 2.17 bits per heavy atom. The number of nitrogens with zero attached hydrogens (tertiary/aromatic N) is 1. The van der Waals surface area contributed by atoms with E-state index in [1.54, 1.807) is 0 Å². The van der Waals surface area contributed by atoms with E-state index in [2.05, 4.69) is 5.32 Å². The molecule has 1 aliphatic carbocycles. The normalized spacial score (nSPS) is 24.9. The van der Waals surface area contributed by atoms with Crippen molar-refractivity contribution in [2.24, 2.45) is 0 Å². The lowest BCUT2D eigenvalue weighted by Crippen LogP contribution is -2.34. The van der Waals surface area contributed by atoms with Crippen LogP contribution in [0, 0.1) is 0 Å². The van der Waals surface area contributed by atoms with Crippen molar-refractivity contribution in [2.75, 3.05) is 13.2 Å². The standard InChI is InChI=1S/C7H10N2O3/c10-4-3-9-5(11)7(1-2-7)8-6(9)12/h10H,1-4H2,(H,8,12). The Kier molecular flexibility index (Phi) is 1.38. The van der Waals surface area contributed by atoms with E-state index in [4.69, 9.17) is 5.11 Å². The van der Waals surface area contributed by atoms with Gasteiger partial charge in [0, 0.05) is 0 Å². The summed E-state index contributed by atoms with van der Waals surface area (Å²) in [5, 5.41) is 11.2. The first-order valence-corrected chi connectivity index (χ1v) is 3.95. The maximum absolute atomic E-state index is 11.4. The Morgan fingerprint density at radius 1 is 1.50 bits per heavy atom. The van der Waals surface area contributed by atoms with Crippen LogP contribution in [-0.4, -0.2) is 40.6 Å². The molecule has 2 rings (SSSR count). The summed E-state index contributed by atoms with van der Waals surface area (Å²) in [6.45, 7) is -0.0678. The number of hydrogen-bond donors (Lipinski definition) is 2. The molecule has 2 aliphatic rings. The number of nitrogens with one attached hydrogen (secondary N) is 1. The highest BCUT2D eigenvalue weighted by Crippen LogP contribution is 2.40. The molecule has 0 atom stereocenters. The third-order valence-corrected chi connectivity index (χ3v) is 2.32. The molecule has 0 bridgehead atoms. The van der Waals surface area contributed by atoms with E-state index in [1.807, 2.05) is 0 Å². The summed E-state index contributed by atoms with van der Waals surface area (Å²) in [7, 11) is 0. The lowest BCUT2D eigenvalue weighted by Gasteiger charge is -2.09. The van der Waals surface area contributed by atoms with Gasteiger partial charge in [0.2, 0.25) is 0 Å². The highest BCUT2D eigenvalue weighted by molar-refractivity contribution is 6.08. The molecule has 1 aliphatic heterocycles. The van der Waals surface area contributed by atoms with Gasteiger partial charge in [-0.15, -0.1) is 0 Å². The lowest BCUT2D eigenvalue weighted by molar-refractivity contribution is -0.128. The number of aliphatic hydroxyl groups is 1. The van der Waals surface area contributed by atoms with Gasteiger partial charge < -0.3 is 10.4 Å². The van der Waals surface area contributed by atoms with Crippen molar-refractivity contribution >= 4 is 11.9 Å². The molecule has 3 amide bonds. The molecule has 5 nitrogen and oxygen atoms in total. The van der Waals surface area contributed by atoms with Crippen LogP contribution in [0.15, 0.2) is 0 Å². The molecule has 1 saturated carbocycles. The Hall–Kier alpha value is -1.10. The van der Waals surface area contributed by atoms with Crippen LogP contribution < -0.4 is 5.32 Å². The first kappa shape index (κ1) is 7.54. The summed E-state index contributed by atoms with van der Waals surface area (Å²) < 4.78 is 0. The predicted octanol–water partition coefficient (Wildman–Crippen LogP) is -0.937. The van der Waals surface area contributed by atoms with Gasteiger partial charge in [-0.2, -0.15) is 0 Å². The maximum atomic E-state index is 11.4. The Balaban J connectivity index is 2.14. The fourth-order valence-corrected chi connectivity index (χ4v) is 1.44. The molecule has 66 valence electrons. The van der Waals surface area contributed by atoms with Crippen molar-refractivity contribution in [3.8, 4) is 0 Å². The zero-order valence-corrected chi connectivity index (χ0v) is 6.54. The number of imide groups is 1. The topological polar surface area (TPSA) is 69.6 Å². The minimum atomic E-state index is -0.577. The van der Waals surface area contributed by atoms with Gasteiger partial charge in [-0.25, -0.2) is 4.79 Å². The fourth-order valence-electron chi connectivity index (χ4n) is 1.44. The average Bonchev–Trinajstić information content (AvgIpc) is 2.75. The van der Waals surface area contributed by atoms with Gasteiger partial charge in [0.15, 0.2) is 0 Å². The molecule has 0 aromatic rings. The predicted molar refractivity (Wildman–Crippen MR) is 39.3 cm³/mol. The minimum Gasteiger partial charge on any atom is -0.395 e. The van der Waals surface area contributed by atoms with Crippen molar-refractivity contribution in [3.05, 3.63) is 0 Å². The molecule has 0 radical (unpaired) electrons. The highest BCUT2D eigenvalue weighted by atomic mass is 16.3. The second-order valence-corrected chi connectivity index (χ2v) is 3.19. The molecule has 0 aromatic heterocycles. The van der Waals surface area contributed by atoms with E-state index in [9.17, 15) is 9.59 Å². The fraction of sp³-hybridized carbons (Fsp3) is 0.714. The van der Waals surface area contributed by atoms with Crippen LogP contribution in [0.4, 0.5) is 4.79 Å². The van der Waals surface area contributed by atoms with Crippen LogP contribution in [-0.2, 0) is 4.79 Å². The maximum Gasteiger partial charge on any atom is 0.325 e. The summed E-state index contributed by atoms with van der Waals surface area (Å²) in [6, 6.07) is -0.369. The average molecular weight is 170 g/mol. The molecular formula is C7H10N2O3. The van der Waals surface area contributed by atoms with Crippen molar-refractivity contribution in [1.82, 2.24) is 10.2 Å². The number of carbonyl (C=O) groups excluding carboxylic acids is 2. The second kappa shape index (κ2) is 2.20.